The van der Waals surface area contributed by atoms with Crippen molar-refractivity contribution < 1.29 is 34.9 Å². The van der Waals surface area contributed by atoms with Gasteiger partial charge in [0, 0.05) is 13.1 Å². The van der Waals surface area contributed by atoms with Crippen molar-refractivity contribution in [1.82, 2.24) is 10.6 Å². The van der Waals surface area contributed by atoms with Crippen LogP contribution in [0, 0.1) is 21.5 Å². The first-order chi connectivity index (χ1) is 6.23. The Kier molecular flexibility index (Phi) is 82.2. The summed E-state index contributed by atoms with van der Waals surface area (Å²) >= 11 is 0. The topological polar surface area (TPSA) is 38.2 Å². The maximum absolute atomic E-state index is 9.58. The van der Waals surface area contributed by atoms with Crippen LogP contribution in [0.3, 0.4) is 0 Å². The molecule has 3 nitrogen and oxygen atoms in total. The Labute approximate surface area is 148 Å². The number of nitrogens with one attached hydrogen (secondary N) is 2. The summed E-state index contributed by atoms with van der Waals surface area (Å²) in [5, 5.41) is 10.8. The van der Waals surface area contributed by atoms with Crippen LogP contribution in [0.1, 0.15) is 0 Å². The van der Waals surface area contributed by atoms with Crippen LogP contribution in [-0.4, -0.2) is 39.3 Å². The van der Waals surface area contributed by atoms with Gasteiger partial charge < -0.3 is 44.0 Å². The Balaban J connectivity index is -0.0000000264. The van der Waals surface area contributed by atoms with Crippen LogP contribution in [0.25, 0.3) is 5.32 Å². The summed E-state index contributed by atoms with van der Waals surface area (Å²) in [5.41, 5.74) is 0. The Morgan fingerprint density at radius 3 is 1.26 bits per heavy atom. The minimum atomic E-state index is -3.08. The van der Waals surface area contributed by atoms with Gasteiger partial charge >= 0.3 is 21.7 Å². The average Bonchev–Trinajstić information content (AvgIpc) is 2.16. The molecule has 0 aromatic carbocycles. The Bertz CT molecular complexity index is 90.7. The minimum absolute atomic E-state index is 0. The van der Waals surface area contributed by atoms with Gasteiger partial charge in [-0.1, -0.05) is 0 Å². The predicted octanol–water partition coefficient (Wildman–Crippen LogP) is 3.06. The van der Waals surface area contributed by atoms with Crippen molar-refractivity contribution in [1.29, 1.82) is 0 Å². The van der Waals surface area contributed by atoms with E-state index in [4.69, 9.17) is 0 Å². The molecule has 1 fully saturated rings. The second-order valence-corrected chi connectivity index (χ2v) is 2.39. The molecule has 1 heterocycles. The maximum atomic E-state index is 9.58. The summed E-state index contributed by atoms with van der Waals surface area (Å²) in [6.07, 6.45) is 0. The fraction of sp³-hybridized carbons (Fsp3) is 0.667. The first kappa shape index (κ1) is 42.7. The molecule has 1 aliphatic heterocycles. The van der Waals surface area contributed by atoms with Gasteiger partial charge in [0.25, 0.3) is 0 Å². The van der Waals surface area contributed by atoms with Gasteiger partial charge in [0.05, 0.1) is 0 Å². The molecule has 120 valence electrons. The van der Waals surface area contributed by atoms with Crippen LogP contribution in [0.15, 0.2) is 0 Å². The van der Waals surface area contributed by atoms with Crippen LogP contribution in [-0.2, 0) is 21.7 Å². The molecule has 0 aliphatic carbocycles. The van der Waals surface area contributed by atoms with E-state index in [2.05, 4.69) is 16.0 Å². The van der Waals surface area contributed by atoms with Crippen LogP contribution >= 0.6 is 37.2 Å². The van der Waals surface area contributed by atoms with Crippen molar-refractivity contribution in [3.8, 4) is 0 Å². The normalized spacial score (nSPS) is 13.3. The smallest absolute Gasteiger partial charge is 0.660 e. The van der Waals surface area contributed by atoms with Gasteiger partial charge in [0.2, 0.25) is 0 Å². The summed E-state index contributed by atoms with van der Waals surface area (Å²) in [5.74, 6) is 0. The standard InChI is InChI=1S/C6H14N3.CF3.2CH3.3ClH.Ti/c1-2-8-5-6-9-4-3-7-1;2-1(3)4;;;;;;/h7-8H,1-6H2;;2*1H3;3*1H;/q4*-1;;;;+4. The Morgan fingerprint density at radius 2 is 1.00 bits per heavy atom. The molecule has 0 unspecified atom stereocenters. The molecule has 0 amide bonds. The molecule has 1 rings (SSSR count). The van der Waals surface area contributed by atoms with Crippen molar-refractivity contribution in [3.63, 3.8) is 0 Å². The summed E-state index contributed by atoms with van der Waals surface area (Å²) in [6.45, 7) is 3.11. The van der Waals surface area contributed by atoms with Crippen molar-refractivity contribution in [2.75, 3.05) is 39.3 Å². The molecular weight excluding hydrogens is 361 g/mol. The summed E-state index contributed by atoms with van der Waals surface area (Å²) in [7, 11) is 0. The number of nitrogens with zero attached hydrogens (tertiary/aromatic N) is 1. The van der Waals surface area contributed by atoms with Crippen LogP contribution in [0.5, 0.6) is 0 Å². The second kappa shape index (κ2) is 36.5. The number of rotatable bonds is 0. The van der Waals surface area contributed by atoms with E-state index in [1.165, 1.54) is 0 Å². The van der Waals surface area contributed by atoms with Gasteiger partial charge in [0.15, 0.2) is 6.68 Å². The molecule has 0 atom stereocenters. The van der Waals surface area contributed by atoms with Crippen LogP contribution in [0.2, 0.25) is 0 Å². The van der Waals surface area contributed by atoms with E-state index in [1.54, 1.807) is 0 Å². The van der Waals surface area contributed by atoms with E-state index in [0.29, 0.717) is 0 Å². The largest absolute Gasteiger partial charge is 4.00 e. The van der Waals surface area contributed by atoms with E-state index >= 15 is 0 Å². The van der Waals surface area contributed by atoms with E-state index in [0.717, 1.165) is 39.3 Å². The molecule has 0 spiro atoms. The third kappa shape index (κ3) is 54.5. The molecule has 0 saturated carbocycles. The van der Waals surface area contributed by atoms with Gasteiger partial charge in [-0.2, -0.15) is 0 Å². The first-order valence-corrected chi connectivity index (χ1v) is 4.11. The van der Waals surface area contributed by atoms with E-state index in [9.17, 15) is 13.2 Å². The fourth-order valence-corrected chi connectivity index (χ4v) is 0.855. The van der Waals surface area contributed by atoms with Gasteiger partial charge in [-0.15, -0.1) is 50.3 Å². The molecule has 0 bridgehead atoms. The van der Waals surface area contributed by atoms with E-state index in [1.807, 2.05) is 0 Å². The zero-order chi connectivity index (χ0) is 9.94. The van der Waals surface area contributed by atoms with E-state index in [-0.39, 0.29) is 73.8 Å². The zero-order valence-corrected chi connectivity index (χ0v) is 15.1. The molecule has 19 heavy (non-hydrogen) atoms. The van der Waals surface area contributed by atoms with Crippen LogP contribution < -0.4 is 10.6 Å². The summed E-state index contributed by atoms with van der Waals surface area (Å²) in [4.78, 5) is 0. The fourth-order valence-electron chi connectivity index (χ4n) is 0.855. The zero-order valence-electron chi connectivity index (χ0n) is 11.0. The summed E-state index contributed by atoms with van der Waals surface area (Å²) in [6, 6.07) is 0. The third-order valence-electron chi connectivity index (χ3n) is 1.37. The average molecular weight is 385 g/mol. The first-order valence-electron chi connectivity index (χ1n) is 4.11. The molecule has 0 radical (unpaired) electrons. The molecular formula is C9H23Cl3F3N3Ti. The maximum Gasteiger partial charge on any atom is 4.00 e. The number of hydrogen-bond acceptors (Lipinski definition) is 2. The van der Waals surface area contributed by atoms with Crippen molar-refractivity contribution in [2.45, 2.75) is 0 Å². The molecule has 0 aromatic heterocycles. The quantitative estimate of drug-likeness (QED) is 0.498. The molecule has 2 N–H and O–H groups in total. The minimum Gasteiger partial charge on any atom is -0.660 e. The van der Waals surface area contributed by atoms with Gasteiger partial charge in [-0.25, -0.2) is 0 Å². The Hall–Kier alpha value is 1.25. The second-order valence-electron chi connectivity index (χ2n) is 2.39. The number of halogens is 6. The molecule has 1 aliphatic rings. The Morgan fingerprint density at radius 1 is 0.737 bits per heavy atom. The van der Waals surface area contributed by atoms with Gasteiger partial charge in [0.1, 0.15) is 0 Å². The van der Waals surface area contributed by atoms with Crippen molar-refractivity contribution >= 4 is 37.2 Å². The van der Waals surface area contributed by atoms with E-state index < -0.39 is 6.68 Å². The monoisotopic (exact) mass is 383 g/mol. The predicted molar refractivity (Wildman–Crippen MR) is 80.0 cm³/mol. The van der Waals surface area contributed by atoms with Crippen molar-refractivity contribution in [3.05, 3.63) is 26.8 Å². The van der Waals surface area contributed by atoms with Gasteiger partial charge in [-0.3, -0.25) is 0 Å². The molecule has 0 aromatic rings. The van der Waals surface area contributed by atoms with Crippen molar-refractivity contribution in [2.24, 2.45) is 0 Å². The van der Waals surface area contributed by atoms with Gasteiger partial charge in [-0.05, 0) is 13.1 Å². The summed E-state index contributed by atoms with van der Waals surface area (Å²) < 4.78 is 28.8. The molecule has 1 saturated heterocycles. The molecule has 10 heteroatoms. The number of hydrogen-bond donors (Lipinski definition) is 2. The van der Waals surface area contributed by atoms with Crippen LogP contribution in [0.4, 0.5) is 13.2 Å². The SMILES string of the molecule is C1CNCCNCC[N-]1.Cl.Cl.Cl.F[C-](F)F.[CH3-].[CH3-].[Ti+4]. The third-order valence-corrected chi connectivity index (χ3v) is 1.37.